The zero-order valence-electron chi connectivity index (χ0n) is 17.6. The summed E-state index contributed by atoms with van der Waals surface area (Å²) in [5, 5.41) is 5.28. The van der Waals surface area contributed by atoms with Crippen LogP contribution < -0.4 is 21.1 Å². The molecule has 1 atom stereocenters. The molecule has 3 aromatic carbocycles. The van der Waals surface area contributed by atoms with Gasteiger partial charge in [-0.05, 0) is 73.7 Å². The first-order valence-electron chi connectivity index (χ1n) is 9.78. The lowest BCUT2D eigenvalue weighted by Gasteiger charge is -2.13. The number of carbonyl (C=O) groups is 3. The molecule has 0 heterocycles. The van der Waals surface area contributed by atoms with Gasteiger partial charge < -0.3 is 21.1 Å². The Labute approximate surface area is 190 Å². The third-order valence-electron chi connectivity index (χ3n) is 4.56. The Bertz CT molecular complexity index is 1110. The maximum absolute atomic E-state index is 12.5. The average molecular weight is 450 g/mol. The second kappa shape index (κ2) is 10.5. The Hall–Kier alpha value is -3.78. The first-order chi connectivity index (χ1) is 15.4. The average Bonchev–Trinajstić information content (AvgIpc) is 2.79. The van der Waals surface area contributed by atoms with E-state index in [2.05, 4.69) is 10.6 Å². The second-order valence-electron chi connectivity index (χ2n) is 6.90. The van der Waals surface area contributed by atoms with Gasteiger partial charge in [0.1, 0.15) is 5.75 Å². The van der Waals surface area contributed by atoms with Gasteiger partial charge >= 0.3 is 0 Å². The van der Waals surface area contributed by atoms with Crippen molar-refractivity contribution in [2.24, 2.45) is 5.73 Å². The number of nitrogens with one attached hydrogen (secondary N) is 2. The van der Waals surface area contributed by atoms with E-state index in [0.717, 1.165) is 4.90 Å². The van der Waals surface area contributed by atoms with Crippen molar-refractivity contribution in [1.82, 2.24) is 0 Å². The normalized spacial score (nSPS) is 11.3. The molecule has 0 spiro atoms. The van der Waals surface area contributed by atoms with Crippen LogP contribution in [-0.4, -0.2) is 30.1 Å². The zero-order chi connectivity index (χ0) is 23.1. The van der Waals surface area contributed by atoms with Crippen molar-refractivity contribution in [3.8, 4) is 5.75 Å². The highest BCUT2D eigenvalue weighted by Gasteiger charge is 2.15. The van der Waals surface area contributed by atoms with Crippen molar-refractivity contribution in [3.63, 3.8) is 0 Å². The SMILES string of the molecule is COc1ccc(C(=O)Nc2cccc(SC(C)C(=O)Nc3ccc(C(N)=O)cc3)c2)cc1. The highest BCUT2D eigenvalue weighted by atomic mass is 32.2. The van der Waals surface area contributed by atoms with E-state index in [4.69, 9.17) is 10.5 Å². The quantitative estimate of drug-likeness (QED) is 0.447. The summed E-state index contributed by atoms with van der Waals surface area (Å²) in [5.41, 5.74) is 7.32. The smallest absolute Gasteiger partial charge is 0.255 e. The molecule has 4 N–H and O–H groups in total. The zero-order valence-corrected chi connectivity index (χ0v) is 18.4. The molecule has 0 fully saturated rings. The third-order valence-corrected chi connectivity index (χ3v) is 5.66. The Balaban J connectivity index is 1.59. The van der Waals surface area contributed by atoms with E-state index in [0.29, 0.717) is 28.3 Å². The molecule has 0 bridgehead atoms. The molecule has 1 unspecified atom stereocenters. The number of benzene rings is 3. The third kappa shape index (κ3) is 6.12. The van der Waals surface area contributed by atoms with Gasteiger partial charge in [0.15, 0.2) is 0 Å². The predicted molar refractivity (Wildman–Crippen MR) is 126 cm³/mol. The molecule has 0 saturated carbocycles. The van der Waals surface area contributed by atoms with Gasteiger partial charge in [-0.15, -0.1) is 11.8 Å². The molecule has 0 aliphatic heterocycles. The summed E-state index contributed by atoms with van der Waals surface area (Å²) < 4.78 is 5.11. The van der Waals surface area contributed by atoms with Crippen molar-refractivity contribution < 1.29 is 19.1 Å². The number of primary amides is 1. The molecule has 164 valence electrons. The van der Waals surface area contributed by atoms with Gasteiger partial charge in [0.05, 0.1) is 12.4 Å². The van der Waals surface area contributed by atoms with Crippen LogP contribution in [0.3, 0.4) is 0 Å². The number of hydrogen-bond donors (Lipinski definition) is 3. The summed E-state index contributed by atoms with van der Waals surface area (Å²) >= 11 is 1.37. The van der Waals surface area contributed by atoms with Crippen LogP contribution in [0.1, 0.15) is 27.6 Å². The van der Waals surface area contributed by atoms with E-state index in [9.17, 15) is 14.4 Å². The summed E-state index contributed by atoms with van der Waals surface area (Å²) in [7, 11) is 1.57. The number of anilines is 2. The standard InChI is InChI=1S/C24H23N3O4S/c1-15(23(29)26-18-10-6-16(7-11-18)22(25)28)32-21-5-3-4-19(14-21)27-24(30)17-8-12-20(31-2)13-9-17/h3-15H,1-2H3,(H2,25,28)(H,26,29)(H,27,30). The van der Waals surface area contributed by atoms with Gasteiger partial charge in [0, 0.05) is 27.4 Å². The molecular formula is C24H23N3O4S. The van der Waals surface area contributed by atoms with Crippen LogP contribution in [0.15, 0.2) is 77.7 Å². The van der Waals surface area contributed by atoms with Crippen LogP contribution in [0.5, 0.6) is 5.75 Å². The summed E-state index contributed by atoms with van der Waals surface area (Å²) in [6.07, 6.45) is 0. The molecule has 3 amide bonds. The molecule has 0 aliphatic rings. The fraction of sp³-hybridized carbons (Fsp3) is 0.125. The van der Waals surface area contributed by atoms with Crippen molar-refractivity contribution in [2.45, 2.75) is 17.1 Å². The molecule has 3 aromatic rings. The van der Waals surface area contributed by atoms with Gasteiger partial charge in [-0.2, -0.15) is 0 Å². The maximum atomic E-state index is 12.5. The number of ether oxygens (including phenoxy) is 1. The lowest BCUT2D eigenvalue weighted by Crippen LogP contribution is -2.22. The Morgan fingerprint density at radius 1 is 0.875 bits per heavy atom. The number of methoxy groups -OCH3 is 1. The topological polar surface area (TPSA) is 111 Å². The lowest BCUT2D eigenvalue weighted by atomic mass is 10.2. The molecule has 0 aliphatic carbocycles. The molecule has 7 nitrogen and oxygen atoms in total. The molecular weight excluding hydrogens is 426 g/mol. The van der Waals surface area contributed by atoms with Gasteiger partial charge in [-0.3, -0.25) is 14.4 Å². The fourth-order valence-electron chi connectivity index (χ4n) is 2.81. The van der Waals surface area contributed by atoms with E-state index < -0.39 is 11.2 Å². The van der Waals surface area contributed by atoms with E-state index in [-0.39, 0.29) is 11.8 Å². The summed E-state index contributed by atoms with van der Waals surface area (Å²) in [6, 6.07) is 20.5. The van der Waals surface area contributed by atoms with Crippen LogP contribution in [0.4, 0.5) is 11.4 Å². The number of nitrogens with two attached hydrogens (primary N) is 1. The maximum Gasteiger partial charge on any atom is 0.255 e. The lowest BCUT2D eigenvalue weighted by molar-refractivity contribution is -0.115. The fourth-order valence-corrected chi connectivity index (χ4v) is 3.74. The first kappa shape index (κ1) is 22.9. The predicted octanol–water partition coefficient (Wildman–Crippen LogP) is 4.17. The largest absolute Gasteiger partial charge is 0.497 e. The molecule has 3 rings (SSSR count). The molecule has 0 aromatic heterocycles. The number of thioether (sulfide) groups is 1. The van der Waals surface area contributed by atoms with Crippen LogP contribution in [-0.2, 0) is 4.79 Å². The summed E-state index contributed by atoms with van der Waals surface area (Å²) in [4.78, 5) is 37.0. The van der Waals surface area contributed by atoms with E-state index in [1.54, 1.807) is 68.6 Å². The summed E-state index contributed by atoms with van der Waals surface area (Å²) in [6.45, 7) is 1.79. The number of amides is 3. The Morgan fingerprint density at radius 3 is 2.16 bits per heavy atom. The Morgan fingerprint density at radius 2 is 1.53 bits per heavy atom. The van der Waals surface area contributed by atoms with Crippen LogP contribution >= 0.6 is 11.8 Å². The first-order valence-corrected chi connectivity index (χ1v) is 10.7. The van der Waals surface area contributed by atoms with Crippen molar-refractivity contribution >= 4 is 40.9 Å². The second-order valence-corrected chi connectivity index (χ2v) is 8.32. The molecule has 32 heavy (non-hydrogen) atoms. The van der Waals surface area contributed by atoms with Gasteiger partial charge in [0.25, 0.3) is 5.91 Å². The highest BCUT2D eigenvalue weighted by Crippen LogP contribution is 2.27. The van der Waals surface area contributed by atoms with E-state index in [1.165, 1.54) is 11.8 Å². The minimum atomic E-state index is -0.522. The highest BCUT2D eigenvalue weighted by molar-refractivity contribution is 8.00. The van der Waals surface area contributed by atoms with Crippen molar-refractivity contribution in [2.75, 3.05) is 17.7 Å². The van der Waals surface area contributed by atoms with Crippen molar-refractivity contribution in [1.29, 1.82) is 0 Å². The summed E-state index contributed by atoms with van der Waals surface area (Å²) in [5.74, 6) is -0.267. The van der Waals surface area contributed by atoms with Gasteiger partial charge in [-0.1, -0.05) is 6.07 Å². The van der Waals surface area contributed by atoms with Gasteiger partial charge in [0.2, 0.25) is 11.8 Å². The Kier molecular flexibility index (Phi) is 7.51. The van der Waals surface area contributed by atoms with Crippen molar-refractivity contribution in [3.05, 3.63) is 83.9 Å². The monoisotopic (exact) mass is 449 g/mol. The minimum Gasteiger partial charge on any atom is -0.497 e. The van der Waals surface area contributed by atoms with E-state index in [1.807, 2.05) is 18.2 Å². The molecule has 8 heteroatoms. The van der Waals surface area contributed by atoms with E-state index >= 15 is 0 Å². The number of carbonyl (C=O) groups excluding carboxylic acids is 3. The van der Waals surface area contributed by atoms with Crippen LogP contribution in [0.2, 0.25) is 0 Å². The molecule has 0 radical (unpaired) electrons. The number of hydrogen-bond acceptors (Lipinski definition) is 5. The van der Waals surface area contributed by atoms with Gasteiger partial charge in [-0.25, -0.2) is 0 Å². The van der Waals surface area contributed by atoms with Crippen LogP contribution in [0, 0.1) is 0 Å². The van der Waals surface area contributed by atoms with Crippen LogP contribution in [0.25, 0.3) is 0 Å². The minimum absolute atomic E-state index is 0.186. The number of rotatable bonds is 8. The molecule has 0 saturated heterocycles.